The van der Waals surface area contributed by atoms with Gasteiger partial charge in [0.15, 0.2) is 6.10 Å². The van der Waals surface area contributed by atoms with Crippen LogP contribution in [0.2, 0.25) is 10.0 Å². The molecule has 2 N–H and O–H groups in total. The van der Waals surface area contributed by atoms with Crippen molar-refractivity contribution >= 4 is 46.6 Å². The summed E-state index contributed by atoms with van der Waals surface area (Å²) in [6.07, 6.45) is -0.197. The number of carboxylic acids is 1. The van der Waals surface area contributed by atoms with E-state index in [2.05, 4.69) is 5.32 Å². The maximum absolute atomic E-state index is 13.2. The van der Waals surface area contributed by atoms with Crippen LogP contribution >= 0.6 is 23.2 Å². The Balaban J connectivity index is 1.59. The fourth-order valence-electron chi connectivity index (χ4n) is 4.27. The summed E-state index contributed by atoms with van der Waals surface area (Å²) in [7, 11) is 0. The number of nitrogens with one attached hydrogen (secondary N) is 1. The molecule has 1 unspecified atom stereocenters. The summed E-state index contributed by atoms with van der Waals surface area (Å²) in [4.78, 5) is 37.0. The smallest absolute Gasteiger partial charge is 0.333 e. The summed E-state index contributed by atoms with van der Waals surface area (Å²) >= 11 is 12.1. The molecule has 3 aromatic carbocycles. The van der Waals surface area contributed by atoms with Gasteiger partial charge < -0.3 is 29.5 Å². The molecular formula is C31H35Cl2N3O8. The van der Waals surface area contributed by atoms with Gasteiger partial charge in [-0.05, 0) is 67.8 Å². The Morgan fingerprint density at radius 1 is 1.00 bits per heavy atom. The monoisotopic (exact) mass is 647 g/mol. The lowest BCUT2D eigenvalue weighted by Gasteiger charge is -2.23. The second kappa shape index (κ2) is 17.4. The Bertz CT molecular complexity index is 1400. The van der Waals surface area contributed by atoms with Crippen molar-refractivity contribution in [1.29, 1.82) is 0 Å². The number of carboxylic acid groups (broad SMARTS) is 1. The first kappa shape index (κ1) is 34.6. The van der Waals surface area contributed by atoms with E-state index in [1.165, 1.54) is 6.07 Å². The molecule has 13 heteroatoms. The van der Waals surface area contributed by atoms with E-state index < -0.39 is 23.0 Å². The molecule has 0 heterocycles. The van der Waals surface area contributed by atoms with Crippen molar-refractivity contribution in [3.8, 4) is 5.75 Å². The van der Waals surface area contributed by atoms with Crippen LogP contribution < -0.4 is 10.1 Å². The molecule has 3 aromatic rings. The fourth-order valence-corrected chi connectivity index (χ4v) is 4.84. The summed E-state index contributed by atoms with van der Waals surface area (Å²) in [6, 6.07) is 16.2. The van der Waals surface area contributed by atoms with E-state index in [0.717, 1.165) is 11.1 Å². The number of hydrogen-bond acceptors (Lipinski definition) is 7. The maximum Gasteiger partial charge on any atom is 0.333 e. The van der Waals surface area contributed by atoms with Crippen LogP contribution in [-0.2, 0) is 27.3 Å². The number of carbonyl (C=O) groups is 2. The highest BCUT2D eigenvalue weighted by Crippen LogP contribution is 2.23. The van der Waals surface area contributed by atoms with Gasteiger partial charge in [0, 0.05) is 53.5 Å². The SMILES string of the molecule is CCOC(Cc1ccc(OCCN(CCCOCc2cc(Cl)cc(Cl)c2)C(=O)Nc2ccc(C)c([N+](=O)[O-])c2)cc1)C(=O)O. The normalized spacial score (nSPS) is 11.5. The van der Waals surface area contributed by atoms with E-state index in [0.29, 0.717) is 59.8 Å². The molecular weight excluding hydrogens is 613 g/mol. The Morgan fingerprint density at radius 3 is 2.34 bits per heavy atom. The molecule has 1 atom stereocenters. The maximum atomic E-state index is 13.2. The van der Waals surface area contributed by atoms with Crippen LogP contribution in [0.1, 0.15) is 30.0 Å². The third-order valence-corrected chi connectivity index (χ3v) is 6.91. The predicted molar refractivity (Wildman–Crippen MR) is 168 cm³/mol. The molecule has 2 amide bonds. The number of ether oxygens (including phenoxy) is 3. The number of hydrogen-bond donors (Lipinski definition) is 2. The number of halogens is 2. The summed E-state index contributed by atoms with van der Waals surface area (Å²) in [5.41, 5.74) is 2.31. The van der Waals surface area contributed by atoms with E-state index in [-0.39, 0.29) is 25.3 Å². The second-order valence-corrected chi connectivity index (χ2v) is 10.7. The van der Waals surface area contributed by atoms with Crippen molar-refractivity contribution in [1.82, 2.24) is 4.90 Å². The van der Waals surface area contributed by atoms with E-state index >= 15 is 0 Å². The lowest BCUT2D eigenvalue weighted by Crippen LogP contribution is -2.39. The second-order valence-electron chi connectivity index (χ2n) is 9.84. The van der Waals surface area contributed by atoms with Gasteiger partial charge in [0.25, 0.3) is 5.69 Å². The zero-order chi connectivity index (χ0) is 32.1. The molecule has 0 aliphatic rings. The molecule has 0 aliphatic heterocycles. The topological polar surface area (TPSA) is 140 Å². The van der Waals surface area contributed by atoms with Crippen molar-refractivity contribution in [3.05, 3.63) is 97.5 Å². The van der Waals surface area contributed by atoms with Crippen LogP contribution in [0, 0.1) is 17.0 Å². The minimum absolute atomic E-state index is 0.0911. The number of urea groups is 1. The summed E-state index contributed by atoms with van der Waals surface area (Å²) in [6.45, 7) is 5.03. The Kier molecular flexibility index (Phi) is 13.7. The molecule has 0 saturated carbocycles. The van der Waals surface area contributed by atoms with Crippen LogP contribution in [0.15, 0.2) is 60.7 Å². The molecule has 236 valence electrons. The van der Waals surface area contributed by atoms with Crippen LogP contribution in [0.4, 0.5) is 16.2 Å². The molecule has 0 fully saturated rings. The minimum atomic E-state index is -1.02. The third-order valence-electron chi connectivity index (χ3n) is 6.47. The van der Waals surface area contributed by atoms with Crippen LogP contribution in [0.3, 0.4) is 0 Å². The number of nitro groups is 1. The standard InChI is InChI=1S/C31H35Cl2N3O8/c1-3-43-29(30(37)38)17-22-6-9-27(10-7-22)44-14-12-35(11-4-13-42-20-23-15-24(32)18-25(33)16-23)31(39)34-26-8-5-21(2)28(19-26)36(40)41/h5-10,15-16,18-19,29H,3-4,11-14,17,20H2,1-2H3,(H,34,39)(H,37,38). The quantitative estimate of drug-likeness (QED) is 0.0930. The number of nitro benzene ring substituents is 1. The number of nitrogens with zero attached hydrogens (tertiary/aromatic N) is 2. The van der Waals surface area contributed by atoms with Crippen molar-refractivity contribution < 1.29 is 33.8 Å². The minimum Gasteiger partial charge on any atom is -0.492 e. The third kappa shape index (κ3) is 11.3. The Hall–Kier alpha value is -3.90. The van der Waals surface area contributed by atoms with Crippen molar-refractivity contribution in [2.75, 3.05) is 38.2 Å². The summed E-state index contributed by atoms with van der Waals surface area (Å²) in [5, 5.41) is 24.4. The predicted octanol–water partition coefficient (Wildman–Crippen LogP) is 6.76. The highest BCUT2D eigenvalue weighted by molar-refractivity contribution is 6.34. The Labute approximate surface area is 265 Å². The van der Waals surface area contributed by atoms with Gasteiger partial charge in [0.2, 0.25) is 0 Å². The highest BCUT2D eigenvalue weighted by Gasteiger charge is 2.19. The summed E-state index contributed by atoms with van der Waals surface area (Å²) < 4.78 is 16.9. The first-order chi connectivity index (χ1) is 21.0. The molecule has 0 saturated heterocycles. The molecule has 0 bridgehead atoms. The molecule has 11 nitrogen and oxygen atoms in total. The number of benzene rings is 3. The molecule has 0 radical (unpaired) electrons. The number of aryl methyl sites for hydroxylation is 1. The van der Waals surface area contributed by atoms with Gasteiger partial charge in [0.05, 0.1) is 18.1 Å². The molecule has 0 spiro atoms. The molecule has 0 aliphatic carbocycles. The number of anilines is 1. The lowest BCUT2D eigenvalue weighted by molar-refractivity contribution is -0.385. The van der Waals surface area contributed by atoms with E-state index in [1.54, 1.807) is 73.3 Å². The number of aliphatic carboxylic acids is 1. The van der Waals surface area contributed by atoms with Crippen LogP contribution in [0.25, 0.3) is 0 Å². The zero-order valence-corrected chi connectivity index (χ0v) is 26.0. The van der Waals surface area contributed by atoms with Gasteiger partial charge in [-0.2, -0.15) is 0 Å². The lowest BCUT2D eigenvalue weighted by atomic mass is 10.1. The van der Waals surface area contributed by atoms with Gasteiger partial charge in [-0.25, -0.2) is 9.59 Å². The number of rotatable bonds is 17. The van der Waals surface area contributed by atoms with Crippen molar-refractivity contribution in [2.45, 2.75) is 39.4 Å². The van der Waals surface area contributed by atoms with Crippen LogP contribution in [0.5, 0.6) is 5.75 Å². The van der Waals surface area contributed by atoms with Crippen LogP contribution in [-0.4, -0.2) is 65.9 Å². The molecule has 0 aromatic heterocycles. The zero-order valence-electron chi connectivity index (χ0n) is 24.5. The van der Waals surface area contributed by atoms with Gasteiger partial charge >= 0.3 is 12.0 Å². The highest BCUT2D eigenvalue weighted by atomic mass is 35.5. The van der Waals surface area contributed by atoms with Crippen molar-refractivity contribution in [3.63, 3.8) is 0 Å². The summed E-state index contributed by atoms with van der Waals surface area (Å²) in [5.74, 6) is -0.472. The van der Waals surface area contributed by atoms with Gasteiger partial charge in [0.1, 0.15) is 12.4 Å². The average Bonchev–Trinajstić information content (AvgIpc) is 2.97. The van der Waals surface area contributed by atoms with Gasteiger partial charge in [-0.3, -0.25) is 10.1 Å². The Morgan fingerprint density at radius 2 is 1.70 bits per heavy atom. The average molecular weight is 649 g/mol. The number of amides is 2. The fraction of sp³-hybridized carbons (Fsp3) is 0.355. The van der Waals surface area contributed by atoms with E-state index in [9.17, 15) is 24.8 Å². The molecule has 44 heavy (non-hydrogen) atoms. The van der Waals surface area contributed by atoms with Crippen molar-refractivity contribution in [2.24, 2.45) is 0 Å². The van der Waals surface area contributed by atoms with Gasteiger partial charge in [-0.1, -0.05) is 41.4 Å². The van der Waals surface area contributed by atoms with Gasteiger partial charge in [-0.15, -0.1) is 0 Å². The number of carbonyl (C=O) groups excluding carboxylic acids is 1. The first-order valence-electron chi connectivity index (χ1n) is 14.0. The van der Waals surface area contributed by atoms with E-state index in [1.807, 2.05) is 0 Å². The first-order valence-corrected chi connectivity index (χ1v) is 14.7. The van der Waals surface area contributed by atoms with E-state index in [4.69, 9.17) is 37.4 Å². The largest absolute Gasteiger partial charge is 0.492 e. The molecule has 3 rings (SSSR count).